The number of amides is 1. The Morgan fingerprint density at radius 1 is 1.00 bits per heavy atom. The van der Waals surface area contributed by atoms with E-state index in [4.69, 9.17) is 16.3 Å². The number of esters is 1. The van der Waals surface area contributed by atoms with Gasteiger partial charge in [-0.05, 0) is 49.2 Å². The highest BCUT2D eigenvalue weighted by Crippen LogP contribution is 2.40. The molecule has 0 aliphatic carbocycles. The van der Waals surface area contributed by atoms with Gasteiger partial charge < -0.3 is 14.7 Å². The van der Waals surface area contributed by atoms with Crippen molar-refractivity contribution in [3.8, 4) is 0 Å². The summed E-state index contributed by atoms with van der Waals surface area (Å²) < 4.78 is 5.02. The summed E-state index contributed by atoms with van der Waals surface area (Å²) in [6, 6.07) is 19.9. The molecule has 1 aliphatic heterocycles. The molecule has 0 spiro atoms. The van der Waals surface area contributed by atoms with Gasteiger partial charge in [0, 0.05) is 17.1 Å². The average molecular weight is 490 g/mol. The molecule has 1 unspecified atom stereocenters. The smallest absolute Gasteiger partial charge is 0.338 e. The number of likely N-dealkylation sites (tertiary alicyclic amines) is 1. The topological polar surface area (TPSA) is 83.9 Å². The third kappa shape index (κ3) is 4.98. The lowest BCUT2D eigenvalue weighted by molar-refractivity contribution is -0.140. The Morgan fingerprint density at radius 3 is 2.37 bits per heavy atom. The first-order valence-corrected chi connectivity index (χ1v) is 11.5. The van der Waals surface area contributed by atoms with Crippen LogP contribution in [0.2, 0.25) is 5.02 Å². The summed E-state index contributed by atoms with van der Waals surface area (Å²) in [7, 11) is 0. The molecule has 1 heterocycles. The highest BCUT2D eigenvalue weighted by Gasteiger charge is 2.46. The third-order valence-corrected chi connectivity index (χ3v) is 6.05. The zero-order valence-corrected chi connectivity index (χ0v) is 20.1. The van der Waals surface area contributed by atoms with Gasteiger partial charge in [0.25, 0.3) is 11.7 Å². The second-order valence-electron chi connectivity index (χ2n) is 8.27. The second kappa shape index (κ2) is 10.2. The minimum Gasteiger partial charge on any atom is -0.507 e. The Hall–Kier alpha value is -3.90. The molecule has 3 aromatic rings. The van der Waals surface area contributed by atoms with Crippen molar-refractivity contribution in [2.75, 3.05) is 6.61 Å². The molecule has 1 atom stereocenters. The number of ether oxygens (including phenoxy) is 1. The molecule has 1 amide bonds. The van der Waals surface area contributed by atoms with Crippen LogP contribution in [0.25, 0.3) is 5.76 Å². The van der Waals surface area contributed by atoms with E-state index < -0.39 is 23.7 Å². The zero-order valence-electron chi connectivity index (χ0n) is 19.3. The van der Waals surface area contributed by atoms with Crippen LogP contribution in [0.1, 0.15) is 45.6 Å². The van der Waals surface area contributed by atoms with Crippen LogP contribution in [0, 0.1) is 6.92 Å². The second-order valence-corrected chi connectivity index (χ2v) is 8.71. The van der Waals surface area contributed by atoms with Gasteiger partial charge in [0.1, 0.15) is 5.76 Å². The van der Waals surface area contributed by atoms with Crippen molar-refractivity contribution in [3.05, 3.63) is 111 Å². The molecule has 1 saturated heterocycles. The first-order valence-electron chi connectivity index (χ1n) is 11.2. The number of carbonyl (C=O) groups excluding carboxylic acids is 3. The molecule has 1 fully saturated rings. The number of halogens is 1. The molecule has 0 aromatic heterocycles. The molecule has 1 N–H and O–H groups in total. The normalized spacial score (nSPS) is 17.0. The summed E-state index contributed by atoms with van der Waals surface area (Å²) >= 11 is 6.10. The van der Waals surface area contributed by atoms with Gasteiger partial charge in [-0.2, -0.15) is 0 Å². The van der Waals surface area contributed by atoms with E-state index in [1.165, 1.54) is 4.90 Å². The number of hydrogen-bond acceptors (Lipinski definition) is 5. The van der Waals surface area contributed by atoms with Crippen molar-refractivity contribution in [2.45, 2.75) is 26.4 Å². The number of ketones is 1. The lowest BCUT2D eigenvalue weighted by Crippen LogP contribution is -2.29. The number of aryl methyl sites for hydroxylation is 1. The highest BCUT2D eigenvalue weighted by molar-refractivity contribution is 6.46. The summed E-state index contributed by atoms with van der Waals surface area (Å²) in [5, 5.41) is 11.5. The fraction of sp³-hybridized carbons (Fsp3) is 0.179. The molecule has 3 aromatic carbocycles. The van der Waals surface area contributed by atoms with Crippen LogP contribution in [0.5, 0.6) is 0 Å². The lowest BCUT2D eigenvalue weighted by atomic mass is 9.94. The summed E-state index contributed by atoms with van der Waals surface area (Å²) in [5.74, 6) is -2.19. The highest BCUT2D eigenvalue weighted by atomic mass is 35.5. The van der Waals surface area contributed by atoms with E-state index in [0.29, 0.717) is 21.7 Å². The fourth-order valence-corrected chi connectivity index (χ4v) is 4.37. The minimum atomic E-state index is -0.793. The van der Waals surface area contributed by atoms with E-state index in [-0.39, 0.29) is 24.5 Å². The number of carbonyl (C=O) groups is 3. The molecular weight excluding hydrogens is 466 g/mol. The first-order chi connectivity index (χ1) is 16.8. The van der Waals surface area contributed by atoms with Gasteiger partial charge in [0.05, 0.1) is 23.8 Å². The first kappa shape index (κ1) is 24.2. The van der Waals surface area contributed by atoms with Gasteiger partial charge in [-0.3, -0.25) is 9.59 Å². The Labute approximate surface area is 208 Å². The number of aliphatic hydroxyl groups is 1. The Balaban J connectivity index is 1.77. The Morgan fingerprint density at radius 2 is 1.71 bits per heavy atom. The Kier molecular flexibility index (Phi) is 7.03. The third-order valence-electron chi connectivity index (χ3n) is 5.81. The molecule has 0 radical (unpaired) electrons. The van der Waals surface area contributed by atoms with Gasteiger partial charge in [0.15, 0.2) is 0 Å². The molecule has 7 heteroatoms. The van der Waals surface area contributed by atoms with Crippen molar-refractivity contribution >= 4 is 35.0 Å². The number of benzene rings is 3. The van der Waals surface area contributed by atoms with Crippen molar-refractivity contribution < 1.29 is 24.2 Å². The van der Waals surface area contributed by atoms with E-state index in [0.717, 1.165) is 11.1 Å². The van der Waals surface area contributed by atoms with Crippen molar-refractivity contribution in [3.63, 3.8) is 0 Å². The van der Waals surface area contributed by atoms with Gasteiger partial charge in [-0.1, -0.05) is 65.7 Å². The predicted molar refractivity (Wildman–Crippen MR) is 133 cm³/mol. The van der Waals surface area contributed by atoms with E-state index in [2.05, 4.69) is 0 Å². The van der Waals surface area contributed by atoms with Crippen LogP contribution in [0.3, 0.4) is 0 Å². The van der Waals surface area contributed by atoms with Crippen LogP contribution in [0.15, 0.2) is 78.4 Å². The van der Waals surface area contributed by atoms with Crippen LogP contribution >= 0.6 is 11.6 Å². The number of Topliss-reactive ketones (excluding diaryl/α,β-unsaturated/α-hetero) is 1. The Bertz CT molecular complexity index is 1330. The summed E-state index contributed by atoms with van der Waals surface area (Å²) in [4.78, 5) is 39.8. The summed E-state index contributed by atoms with van der Waals surface area (Å²) in [6.45, 7) is 4.03. The molecule has 6 nitrogen and oxygen atoms in total. The number of nitrogens with zero attached hydrogens (tertiary/aromatic N) is 1. The SMILES string of the molecule is CCOC(=O)c1ccc(CN2C(=O)C(=O)/C(=C(/O)c3cccc(Cl)c3)C2c2cccc(C)c2)cc1. The van der Waals surface area contributed by atoms with Crippen molar-refractivity contribution in [2.24, 2.45) is 0 Å². The maximum absolute atomic E-state index is 13.2. The van der Waals surface area contributed by atoms with Crippen LogP contribution < -0.4 is 0 Å². The number of aliphatic hydroxyl groups excluding tert-OH is 1. The summed E-state index contributed by atoms with van der Waals surface area (Å²) in [6.07, 6.45) is 0. The lowest BCUT2D eigenvalue weighted by Gasteiger charge is -2.26. The molecule has 35 heavy (non-hydrogen) atoms. The van der Waals surface area contributed by atoms with Crippen LogP contribution in [0.4, 0.5) is 0 Å². The maximum atomic E-state index is 13.2. The fourth-order valence-electron chi connectivity index (χ4n) is 4.18. The molecule has 178 valence electrons. The van der Waals surface area contributed by atoms with Crippen LogP contribution in [-0.4, -0.2) is 34.3 Å². The van der Waals surface area contributed by atoms with Gasteiger partial charge in [-0.15, -0.1) is 0 Å². The summed E-state index contributed by atoms with van der Waals surface area (Å²) in [5.41, 5.74) is 3.14. The standard InChI is InChI=1S/C28H24ClNO5/c1-3-35-28(34)19-12-10-18(11-13-19)16-30-24(20-7-4-6-17(2)14-20)23(26(32)27(30)33)25(31)21-8-5-9-22(29)15-21/h4-15,24,31H,3,16H2,1-2H3/b25-23+. The van der Waals surface area contributed by atoms with Gasteiger partial charge in [-0.25, -0.2) is 4.79 Å². The average Bonchev–Trinajstić information content (AvgIpc) is 3.09. The van der Waals surface area contributed by atoms with E-state index in [9.17, 15) is 19.5 Å². The van der Waals surface area contributed by atoms with Crippen LogP contribution in [-0.2, 0) is 20.9 Å². The molecular formula is C28H24ClNO5. The largest absolute Gasteiger partial charge is 0.507 e. The van der Waals surface area contributed by atoms with Crippen molar-refractivity contribution in [1.29, 1.82) is 0 Å². The monoisotopic (exact) mass is 489 g/mol. The number of hydrogen-bond donors (Lipinski definition) is 1. The van der Waals surface area contributed by atoms with E-state index >= 15 is 0 Å². The molecule has 0 saturated carbocycles. The van der Waals surface area contributed by atoms with Gasteiger partial charge in [0.2, 0.25) is 0 Å². The predicted octanol–water partition coefficient (Wildman–Crippen LogP) is 5.45. The quantitative estimate of drug-likeness (QED) is 0.215. The van der Waals surface area contributed by atoms with E-state index in [1.807, 2.05) is 31.2 Å². The molecule has 0 bridgehead atoms. The van der Waals surface area contributed by atoms with Gasteiger partial charge >= 0.3 is 5.97 Å². The molecule has 1 aliphatic rings. The maximum Gasteiger partial charge on any atom is 0.338 e. The zero-order chi connectivity index (χ0) is 25.1. The van der Waals surface area contributed by atoms with E-state index in [1.54, 1.807) is 55.5 Å². The van der Waals surface area contributed by atoms with Crippen molar-refractivity contribution in [1.82, 2.24) is 4.90 Å². The number of rotatable bonds is 6. The minimum absolute atomic E-state index is 0.00557. The molecule has 4 rings (SSSR count).